The lowest BCUT2D eigenvalue weighted by molar-refractivity contribution is -0.164. The molecule has 0 N–H and O–H groups in total. The fourth-order valence-electron chi connectivity index (χ4n) is 2.62. The standard InChI is InChI=1S/C22H32Cl2O4/c1-4-5-6-7-8-9-10-11-12-15-27-20(25)22(2,3)21(26)28-19-16-17(23)13-14-18(19)24/h13-14,16H,4-12,15H2,1-3H3. The van der Waals surface area contributed by atoms with Crippen molar-refractivity contribution in [3.05, 3.63) is 28.2 Å². The minimum Gasteiger partial charge on any atom is -0.465 e. The maximum atomic E-state index is 12.4. The van der Waals surface area contributed by atoms with Crippen molar-refractivity contribution in [2.45, 2.75) is 78.6 Å². The quantitative estimate of drug-likeness (QED) is 0.146. The highest BCUT2D eigenvalue weighted by atomic mass is 35.5. The zero-order valence-corrected chi connectivity index (χ0v) is 18.7. The van der Waals surface area contributed by atoms with Gasteiger partial charge in [-0.25, -0.2) is 0 Å². The van der Waals surface area contributed by atoms with Gasteiger partial charge in [0.15, 0.2) is 11.2 Å². The Morgan fingerprint density at radius 3 is 2.07 bits per heavy atom. The molecule has 0 heterocycles. The Hall–Kier alpha value is -1.26. The summed E-state index contributed by atoms with van der Waals surface area (Å²) >= 11 is 11.9. The van der Waals surface area contributed by atoms with Gasteiger partial charge in [0.1, 0.15) is 0 Å². The van der Waals surface area contributed by atoms with E-state index in [4.69, 9.17) is 32.7 Å². The van der Waals surface area contributed by atoms with Crippen LogP contribution in [-0.2, 0) is 14.3 Å². The number of rotatable bonds is 13. The van der Waals surface area contributed by atoms with Crippen molar-refractivity contribution < 1.29 is 19.1 Å². The van der Waals surface area contributed by atoms with Gasteiger partial charge in [-0.15, -0.1) is 0 Å². The third kappa shape index (κ3) is 8.83. The molecule has 1 aromatic rings. The van der Waals surface area contributed by atoms with Gasteiger partial charge < -0.3 is 9.47 Å². The lowest BCUT2D eigenvalue weighted by Crippen LogP contribution is -2.38. The lowest BCUT2D eigenvalue weighted by atomic mass is 9.94. The number of hydrogen-bond acceptors (Lipinski definition) is 4. The Labute approximate surface area is 178 Å². The third-order valence-electron chi connectivity index (χ3n) is 4.60. The smallest absolute Gasteiger partial charge is 0.328 e. The van der Waals surface area contributed by atoms with E-state index < -0.39 is 17.4 Å². The molecule has 0 radical (unpaired) electrons. The molecule has 0 amide bonds. The summed E-state index contributed by atoms with van der Waals surface area (Å²) in [4.78, 5) is 24.7. The summed E-state index contributed by atoms with van der Waals surface area (Å²) in [5.41, 5.74) is -1.43. The van der Waals surface area contributed by atoms with Crippen molar-refractivity contribution in [1.29, 1.82) is 0 Å². The second kappa shape index (κ2) is 13.1. The largest absolute Gasteiger partial charge is 0.465 e. The monoisotopic (exact) mass is 430 g/mol. The van der Waals surface area contributed by atoms with Crippen LogP contribution in [0.25, 0.3) is 0 Å². The summed E-state index contributed by atoms with van der Waals surface area (Å²) in [6, 6.07) is 4.55. The molecule has 158 valence electrons. The zero-order chi connectivity index (χ0) is 21.0. The molecule has 0 unspecified atom stereocenters. The van der Waals surface area contributed by atoms with E-state index in [1.807, 2.05) is 0 Å². The second-order valence-corrected chi connectivity index (χ2v) is 8.40. The topological polar surface area (TPSA) is 52.6 Å². The molecule has 0 aliphatic rings. The molecule has 28 heavy (non-hydrogen) atoms. The Morgan fingerprint density at radius 1 is 0.893 bits per heavy atom. The van der Waals surface area contributed by atoms with Crippen LogP contribution in [0.4, 0.5) is 0 Å². The molecule has 0 bridgehead atoms. The van der Waals surface area contributed by atoms with Crippen molar-refractivity contribution in [1.82, 2.24) is 0 Å². The molecule has 1 aromatic carbocycles. The summed E-state index contributed by atoms with van der Waals surface area (Å²) in [5.74, 6) is -1.21. The highest BCUT2D eigenvalue weighted by Crippen LogP contribution is 2.30. The Bertz CT molecular complexity index is 629. The van der Waals surface area contributed by atoms with Crippen LogP contribution in [0.15, 0.2) is 18.2 Å². The van der Waals surface area contributed by atoms with E-state index in [1.54, 1.807) is 6.07 Å². The predicted molar refractivity (Wildman–Crippen MR) is 114 cm³/mol. The van der Waals surface area contributed by atoms with E-state index in [0.717, 1.165) is 19.3 Å². The maximum Gasteiger partial charge on any atom is 0.328 e. The lowest BCUT2D eigenvalue weighted by Gasteiger charge is -2.21. The SMILES string of the molecule is CCCCCCCCCCCOC(=O)C(C)(C)C(=O)Oc1cc(Cl)ccc1Cl. The first-order valence-electron chi connectivity index (χ1n) is 10.1. The van der Waals surface area contributed by atoms with Crippen LogP contribution in [0, 0.1) is 5.41 Å². The van der Waals surface area contributed by atoms with E-state index in [0.29, 0.717) is 11.6 Å². The summed E-state index contributed by atoms with van der Waals surface area (Å²) in [5, 5.41) is 0.634. The van der Waals surface area contributed by atoms with Crippen molar-refractivity contribution in [3.63, 3.8) is 0 Å². The van der Waals surface area contributed by atoms with Crippen molar-refractivity contribution in [2.75, 3.05) is 6.61 Å². The molecular weight excluding hydrogens is 399 g/mol. The molecule has 0 saturated carbocycles. The van der Waals surface area contributed by atoms with Gasteiger partial charge in [0.2, 0.25) is 0 Å². The predicted octanol–water partition coefficient (Wildman–Crippen LogP) is 7.00. The van der Waals surface area contributed by atoms with Gasteiger partial charge in [0.25, 0.3) is 0 Å². The van der Waals surface area contributed by atoms with Crippen LogP contribution in [-0.4, -0.2) is 18.5 Å². The van der Waals surface area contributed by atoms with Gasteiger partial charge in [-0.05, 0) is 32.4 Å². The minimum absolute atomic E-state index is 0.124. The molecule has 0 aromatic heterocycles. The minimum atomic E-state index is -1.43. The van der Waals surface area contributed by atoms with Gasteiger partial charge in [-0.1, -0.05) is 81.5 Å². The molecule has 0 aliphatic heterocycles. The first kappa shape index (κ1) is 24.8. The van der Waals surface area contributed by atoms with E-state index in [1.165, 1.54) is 64.5 Å². The molecule has 0 spiro atoms. The van der Waals surface area contributed by atoms with E-state index in [9.17, 15) is 9.59 Å². The number of carbonyl (C=O) groups excluding carboxylic acids is 2. The Morgan fingerprint density at radius 2 is 1.46 bits per heavy atom. The van der Waals surface area contributed by atoms with Crippen LogP contribution in [0.3, 0.4) is 0 Å². The number of esters is 2. The van der Waals surface area contributed by atoms with Gasteiger partial charge in [0.05, 0.1) is 11.6 Å². The number of halogens is 2. The van der Waals surface area contributed by atoms with Crippen LogP contribution in [0.1, 0.15) is 78.6 Å². The van der Waals surface area contributed by atoms with Gasteiger partial charge in [0, 0.05) is 11.1 Å². The summed E-state index contributed by atoms with van der Waals surface area (Å²) in [6.45, 7) is 5.48. The summed E-state index contributed by atoms with van der Waals surface area (Å²) in [6.07, 6.45) is 10.6. The van der Waals surface area contributed by atoms with Crippen molar-refractivity contribution >= 4 is 35.1 Å². The van der Waals surface area contributed by atoms with Crippen molar-refractivity contribution in [2.24, 2.45) is 5.41 Å². The normalized spacial score (nSPS) is 11.3. The molecule has 4 nitrogen and oxygen atoms in total. The number of ether oxygens (including phenoxy) is 2. The molecule has 0 aliphatic carbocycles. The average Bonchev–Trinajstić information content (AvgIpc) is 2.65. The Balaban J connectivity index is 2.30. The molecule has 6 heteroatoms. The van der Waals surface area contributed by atoms with Crippen LogP contribution in [0.5, 0.6) is 5.75 Å². The van der Waals surface area contributed by atoms with E-state index in [2.05, 4.69) is 6.92 Å². The third-order valence-corrected chi connectivity index (χ3v) is 5.14. The molecule has 0 fully saturated rings. The van der Waals surface area contributed by atoms with E-state index >= 15 is 0 Å². The maximum absolute atomic E-state index is 12.4. The second-order valence-electron chi connectivity index (χ2n) is 7.55. The van der Waals surface area contributed by atoms with Gasteiger partial charge in [-0.3, -0.25) is 9.59 Å². The highest BCUT2D eigenvalue weighted by molar-refractivity contribution is 6.34. The molecular formula is C22H32Cl2O4. The molecule has 0 saturated heterocycles. The van der Waals surface area contributed by atoms with Crippen LogP contribution in [0.2, 0.25) is 10.0 Å². The summed E-state index contributed by atoms with van der Waals surface area (Å²) in [7, 11) is 0. The number of unbranched alkanes of at least 4 members (excludes halogenated alkanes) is 8. The number of benzene rings is 1. The first-order chi connectivity index (χ1) is 13.3. The van der Waals surface area contributed by atoms with Crippen LogP contribution >= 0.6 is 23.2 Å². The van der Waals surface area contributed by atoms with Gasteiger partial charge in [-0.2, -0.15) is 0 Å². The number of carbonyl (C=O) groups is 2. The fraction of sp³-hybridized carbons (Fsp3) is 0.636. The van der Waals surface area contributed by atoms with E-state index in [-0.39, 0.29) is 10.8 Å². The number of hydrogen-bond donors (Lipinski definition) is 0. The average molecular weight is 431 g/mol. The fourth-order valence-corrected chi connectivity index (χ4v) is 2.94. The van der Waals surface area contributed by atoms with Crippen LogP contribution < -0.4 is 4.74 Å². The summed E-state index contributed by atoms with van der Waals surface area (Å²) < 4.78 is 10.5. The first-order valence-corrected chi connectivity index (χ1v) is 10.9. The van der Waals surface area contributed by atoms with Crippen molar-refractivity contribution in [3.8, 4) is 5.75 Å². The molecule has 0 atom stereocenters. The Kier molecular flexibility index (Phi) is 11.6. The zero-order valence-electron chi connectivity index (χ0n) is 17.2. The molecule has 1 rings (SSSR count). The van der Waals surface area contributed by atoms with Gasteiger partial charge >= 0.3 is 11.9 Å². The highest BCUT2D eigenvalue weighted by Gasteiger charge is 2.40.